The highest BCUT2D eigenvalue weighted by molar-refractivity contribution is 5.92. The van der Waals surface area contributed by atoms with Crippen LogP contribution in [0.15, 0.2) is 48.5 Å². The van der Waals surface area contributed by atoms with E-state index in [1.54, 1.807) is 0 Å². The van der Waals surface area contributed by atoms with Crippen molar-refractivity contribution in [2.45, 2.75) is 88.8 Å². The van der Waals surface area contributed by atoms with E-state index in [1.165, 1.54) is 6.42 Å². The molecule has 2 aliphatic heterocycles. The first kappa shape index (κ1) is 28.1. The van der Waals surface area contributed by atoms with Gasteiger partial charge in [0.15, 0.2) is 0 Å². The van der Waals surface area contributed by atoms with Crippen molar-refractivity contribution in [3.63, 3.8) is 0 Å². The number of hydrogen-bond acceptors (Lipinski definition) is 5. The normalized spacial score (nSPS) is 23.1. The van der Waals surface area contributed by atoms with Crippen LogP contribution in [0.4, 0.5) is 0 Å². The third-order valence-corrected chi connectivity index (χ3v) is 8.28. The number of likely N-dealkylation sites (tertiary alicyclic amines) is 1. The largest absolute Gasteiger partial charge is 0.457 e. The Balaban J connectivity index is 1.39. The van der Waals surface area contributed by atoms with Crippen LogP contribution in [0.5, 0.6) is 11.5 Å². The van der Waals surface area contributed by atoms with E-state index in [2.05, 4.69) is 20.9 Å². The summed E-state index contributed by atoms with van der Waals surface area (Å²) in [6, 6.07) is 14.1. The van der Waals surface area contributed by atoms with E-state index in [4.69, 9.17) is 4.74 Å². The Hall–Kier alpha value is -3.39. The van der Waals surface area contributed by atoms with Crippen molar-refractivity contribution in [2.24, 2.45) is 0 Å². The quantitative estimate of drug-likeness (QED) is 0.529. The number of hydrogen-bond donors (Lipinski definition) is 3. The number of fused-ring (bicyclic) bond motifs is 4. The molecule has 1 saturated heterocycles. The summed E-state index contributed by atoms with van der Waals surface area (Å²) < 4.78 is 6.12. The van der Waals surface area contributed by atoms with E-state index in [-0.39, 0.29) is 30.2 Å². The third-order valence-electron chi connectivity index (χ3n) is 8.28. The van der Waals surface area contributed by atoms with Crippen LogP contribution >= 0.6 is 0 Å². The number of piperidine rings is 1. The van der Waals surface area contributed by atoms with Gasteiger partial charge in [-0.15, -0.1) is 0 Å². The number of ether oxygens (including phenoxy) is 1. The Kier molecular flexibility index (Phi) is 9.71. The summed E-state index contributed by atoms with van der Waals surface area (Å²) in [5.41, 5.74) is 1.88. The molecule has 2 aromatic rings. The Morgan fingerprint density at radius 1 is 0.875 bits per heavy atom. The van der Waals surface area contributed by atoms with Crippen molar-refractivity contribution in [3.05, 3.63) is 59.7 Å². The second-order valence-corrected chi connectivity index (χ2v) is 11.5. The third kappa shape index (κ3) is 8.07. The number of benzene rings is 2. The highest BCUT2D eigenvalue weighted by Crippen LogP contribution is 2.25. The van der Waals surface area contributed by atoms with Crippen LogP contribution < -0.4 is 20.7 Å². The summed E-state index contributed by atoms with van der Waals surface area (Å²) in [7, 11) is 0. The number of carbonyl (C=O) groups is 3. The van der Waals surface area contributed by atoms with Gasteiger partial charge >= 0.3 is 0 Å². The van der Waals surface area contributed by atoms with Crippen molar-refractivity contribution in [3.8, 4) is 11.5 Å². The molecule has 1 saturated carbocycles. The monoisotopic (exact) mass is 546 g/mol. The molecule has 0 radical (unpaired) electrons. The van der Waals surface area contributed by atoms with Gasteiger partial charge in [0.1, 0.15) is 23.6 Å². The first-order chi connectivity index (χ1) is 19.5. The summed E-state index contributed by atoms with van der Waals surface area (Å²) in [6.07, 6.45) is 9.33. The smallest absolute Gasteiger partial charge is 0.243 e. The summed E-state index contributed by atoms with van der Waals surface area (Å²) >= 11 is 0. The average Bonchev–Trinajstić information content (AvgIpc) is 3.47. The van der Waals surface area contributed by atoms with Crippen molar-refractivity contribution in [1.82, 2.24) is 20.9 Å². The van der Waals surface area contributed by atoms with E-state index in [9.17, 15) is 14.4 Å². The Morgan fingerprint density at radius 2 is 1.57 bits per heavy atom. The number of amides is 3. The molecule has 1 aliphatic carbocycles. The van der Waals surface area contributed by atoms with Crippen molar-refractivity contribution < 1.29 is 19.1 Å². The number of carbonyl (C=O) groups excluding carboxylic acids is 3. The predicted octanol–water partition coefficient (Wildman–Crippen LogP) is 3.87. The molecule has 3 aliphatic rings. The Morgan fingerprint density at radius 3 is 2.33 bits per heavy atom. The fourth-order valence-electron chi connectivity index (χ4n) is 6.01. The molecule has 214 valence electrons. The standard InChI is InChI=1S/C32H42N4O4/c37-30-15-14-23-8-6-12-26(20-23)40-27-13-7-9-24(21-27)22-29(32(39)33-25-10-2-3-11-25)35-31(38)28(34-30)16-19-36-17-4-1-5-18-36/h6-9,12-13,20-21,25,28-29H,1-5,10-11,14-19,22H2,(H,33,39)(H,34,37)(H,35,38)/t28-,29-/m0/s1. The molecule has 3 N–H and O–H groups in total. The van der Waals surface area contributed by atoms with E-state index < -0.39 is 12.1 Å². The van der Waals surface area contributed by atoms with E-state index in [0.29, 0.717) is 30.8 Å². The highest BCUT2D eigenvalue weighted by Gasteiger charge is 2.29. The zero-order valence-corrected chi connectivity index (χ0v) is 23.3. The SMILES string of the molecule is O=C1CCc2cccc(c2)Oc2cccc(c2)C[C@@H](C(=O)NC2CCCC2)NC(=O)[C@H](CCN2CCCCC2)N1. The Bertz CT molecular complexity index is 1170. The number of rotatable bonds is 5. The van der Waals surface area contributed by atoms with E-state index in [0.717, 1.165) is 69.3 Å². The minimum atomic E-state index is -0.756. The molecule has 2 fully saturated rings. The van der Waals surface area contributed by atoms with Gasteiger partial charge in [0.05, 0.1) is 0 Å². The topological polar surface area (TPSA) is 99.8 Å². The van der Waals surface area contributed by atoms with E-state index in [1.807, 2.05) is 48.5 Å². The lowest BCUT2D eigenvalue weighted by molar-refractivity contribution is -0.132. The summed E-state index contributed by atoms with van der Waals surface area (Å²) in [5, 5.41) is 9.18. The molecular formula is C32H42N4O4. The number of nitrogens with one attached hydrogen (secondary N) is 3. The van der Waals surface area contributed by atoms with Gasteiger partial charge in [-0.2, -0.15) is 0 Å². The molecule has 40 heavy (non-hydrogen) atoms. The maximum Gasteiger partial charge on any atom is 0.243 e. The van der Waals surface area contributed by atoms with Gasteiger partial charge in [0, 0.05) is 25.4 Å². The maximum absolute atomic E-state index is 13.7. The zero-order chi connectivity index (χ0) is 27.7. The number of nitrogens with zero attached hydrogens (tertiary/aromatic N) is 1. The minimum Gasteiger partial charge on any atom is -0.457 e. The van der Waals surface area contributed by atoms with E-state index >= 15 is 0 Å². The lowest BCUT2D eigenvalue weighted by Crippen LogP contribution is -2.56. The first-order valence-corrected chi connectivity index (χ1v) is 15.0. The summed E-state index contributed by atoms with van der Waals surface area (Å²) in [6.45, 7) is 2.77. The predicted molar refractivity (Wildman–Crippen MR) is 154 cm³/mol. The van der Waals surface area contributed by atoms with Crippen LogP contribution in [0, 0.1) is 0 Å². The summed E-state index contributed by atoms with van der Waals surface area (Å²) in [5.74, 6) is 0.708. The van der Waals surface area contributed by atoms with Crippen LogP contribution in [-0.4, -0.2) is 60.4 Å². The Labute approximate surface area is 237 Å². The van der Waals surface area contributed by atoms with Crippen molar-refractivity contribution in [1.29, 1.82) is 0 Å². The fraction of sp³-hybridized carbons (Fsp3) is 0.531. The molecule has 0 unspecified atom stereocenters. The average molecular weight is 547 g/mol. The van der Waals surface area contributed by atoms with Crippen LogP contribution in [0.25, 0.3) is 0 Å². The van der Waals surface area contributed by atoms with Crippen LogP contribution in [0.2, 0.25) is 0 Å². The fourth-order valence-corrected chi connectivity index (χ4v) is 6.01. The van der Waals surface area contributed by atoms with Gasteiger partial charge in [-0.1, -0.05) is 43.5 Å². The molecular weight excluding hydrogens is 504 g/mol. The number of aryl methyl sites for hydroxylation is 1. The minimum absolute atomic E-state index is 0.140. The second kappa shape index (κ2) is 13.8. The van der Waals surface area contributed by atoms with Crippen LogP contribution in [0.3, 0.4) is 0 Å². The second-order valence-electron chi connectivity index (χ2n) is 11.5. The molecule has 2 aromatic carbocycles. The molecule has 2 atom stereocenters. The lowest BCUT2D eigenvalue weighted by atomic mass is 10.0. The molecule has 4 bridgehead atoms. The molecule has 0 aromatic heterocycles. The van der Waals surface area contributed by atoms with Crippen molar-refractivity contribution in [2.75, 3.05) is 19.6 Å². The highest BCUT2D eigenvalue weighted by atomic mass is 16.5. The van der Waals surface area contributed by atoms with Crippen LogP contribution in [-0.2, 0) is 27.2 Å². The van der Waals surface area contributed by atoms with Gasteiger partial charge < -0.3 is 25.6 Å². The molecule has 0 spiro atoms. The summed E-state index contributed by atoms with van der Waals surface area (Å²) in [4.78, 5) is 42.6. The van der Waals surface area contributed by atoms with Gasteiger partial charge in [0.2, 0.25) is 17.7 Å². The molecule has 3 amide bonds. The molecule has 2 heterocycles. The maximum atomic E-state index is 13.7. The van der Waals surface area contributed by atoms with Gasteiger partial charge in [-0.3, -0.25) is 14.4 Å². The lowest BCUT2D eigenvalue weighted by Gasteiger charge is -2.29. The van der Waals surface area contributed by atoms with Crippen LogP contribution in [0.1, 0.15) is 68.9 Å². The molecule has 5 rings (SSSR count). The molecule has 8 nitrogen and oxygen atoms in total. The van der Waals surface area contributed by atoms with Gasteiger partial charge in [0.25, 0.3) is 0 Å². The first-order valence-electron chi connectivity index (χ1n) is 15.0. The molecule has 8 heteroatoms. The zero-order valence-electron chi connectivity index (χ0n) is 23.3. The van der Waals surface area contributed by atoms with Gasteiger partial charge in [-0.05, 0) is 87.0 Å². The van der Waals surface area contributed by atoms with Gasteiger partial charge in [-0.25, -0.2) is 0 Å². The van der Waals surface area contributed by atoms with Crippen molar-refractivity contribution >= 4 is 17.7 Å².